The molecule has 2 nitrogen and oxygen atoms in total. The van der Waals surface area contributed by atoms with Crippen molar-refractivity contribution in [3.05, 3.63) is 72.2 Å². The fourth-order valence-corrected chi connectivity index (χ4v) is 2.12. The van der Waals surface area contributed by atoms with Gasteiger partial charge in [-0.25, -0.2) is 0 Å². The Morgan fingerprint density at radius 2 is 2.00 bits per heavy atom. The Morgan fingerprint density at radius 3 is 2.78 bits per heavy atom. The van der Waals surface area contributed by atoms with Crippen molar-refractivity contribution in [1.82, 2.24) is 9.97 Å². The average molecular weight is 234 g/mol. The van der Waals surface area contributed by atoms with E-state index < -0.39 is 0 Å². The van der Waals surface area contributed by atoms with Crippen molar-refractivity contribution in [3.63, 3.8) is 0 Å². The van der Waals surface area contributed by atoms with Crippen LogP contribution in [0.25, 0.3) is 16.5 Å². The van der Waals surface area contributed by atoms with Crippen molar-refractivity contribution in [2.45, 2.75) is 6.92 Å². The molecule has 1 aromatic carbocycles. The van der Waals surface area contributed by atoms with Gasteiger partial charge in [-0.2, -0.15) is 0 Å². The maximum atomic E-state index is 4.21. The van der Waals surface area contributed by atoms with Crippen LogP contribution in [0.3, 0.4) is 0 Å². The topological polar surface area (TPSA) is 28.7 Å². The second kappa shape index (κ2) is 4.15. The zero-order valence-electron chi connectivity index (χ0n) is 10.3. The van der Waals surface area contributed by atoms with Gasteiger partial charge in [0.25, 0.3) is 0 Å². The molecule has 0 fully saturated rings. The van der Waals surface area contributed by atoms with Gasteiger partial charge in [-0.15, -0.1) is 0 Å². The molecule has 2 heterocycles. The first-order valence-corrected chi connectivity index (χ1v) is 5.94. The van der Waals surface area contributed by atoms with Crippen molar-refractivity contribution < 1.29 is 0 Å². The summed E-state index contributed by atoms with van der Waals surface area (Å²) in [5, 5.41) is 1.21. The van der Waals surface area contributed by atoms with Crippen LogP contribution >= 0.6 is 0 Å². The van der Waals surface area contributed by atoms with Crippen LogP contribution in [0.5, 0.6) is 0 Å². The minimum Gasteiger partial charge on any atom is -0.355 e. The molecule has 2 heteroatoms. The number of aryl methyl sites for hydroxylation is 1. The maximum Gasteiger partial charge on any atom is 0.0464 e. The molecule has 2 aromatic heterocycles. The van der Waals surface area contributed by atoms with E-state index >= 15 is 0 Å². The molecule has 0 aliphatic carbocycles. The molecule has 88 valence electrons. The lowest BCUT2D eigenvalue weighted by Crippen LogP contribution is -1.88. The van der Waals surface area contributed by atoms with Gasteiger partial charge in [-0.05, 0) is 42.3 Å². The number of H-pyrrole nitrogens is 1. The predicted molar refractivity (Wildman–Crippen MR) is 75.4 cm³/mol. The molecule has 1 N–H and O–H groups in total. The van der Waals surface area contributed by atoms with E-state index in [1.54, 1.807) is 0 Å². The van der Waals surface area contributed by atoms with Crippen molar-refractivity contribution >= 4 is 16.5 Å². The van der Waals surface area contributed by atoms with E-state index in [2.05, 4.69) is 34.7 Å². The van der Waals surface area contributed by atoms with Crippen LogP contribution in [0.1, 0.15) is 17.0 Å². The van der Waals surface area contributed by atoms with E-state index in [0.29, 0.717) is 0 Å². The first kappa shape index (κ1) is 10.8. The number of hydrogen-bond acceptors (Lipinski definition) is 1. The monoisotopic (exact) mass is 234 g/mol. The maximum absolute atomic E-state index is 4.21. The Hall–Kier alpha value is -2.35. The van der Waals surface area contributed by atoms with Crippen LogP contribution in [0.2, 0.25) is 0 Å². The SMILES string of the molecule is C=C(c1ccnc(C)c1)c1cc2ccccc2[nH]1. The lowest BCUT2D eigenvalue weighted by Gasteiger charge is -2.04. The third kappa shape index (κ3) is 1.82. The Kier molecular flexibility index (Phi) is 2.49. The number of aromatic nitrogens is 2. The second-order valence-corrected chi connectivity index (χ2v) is 4.43. The van der Waals surface area contributed by atoms with E-state index in [1.165, 1.54) is 5.39 Å². The molecule has 0 unspecified atom stereocenters. The van der Waals surface area contributed by atoms with Gasteiger partial charge < -0.3 is 4.98 Å². The molecular weight excluding hydrogens is 220 g/mol. The fourth-order valence-electron chi connectivity index (χ4n) is 2.12. The van der Waals surface area contributed by atoms with Gasteiger partial charge in [-0.1, -0.05) is 24.8 Å². The van der Waals surface area contributed by atoms with Crippen LogP contribution in [0.4, 0.5) is 0 Å². The van der Waals surface area contributed by atoms with Crippen LogP contribution in [-0.4, -0.2) is 9.97 Å². The zero-order valence-corrected chi connectivity index (χ0v) is 10.3. The average Bonchev–Trinajstić information content (AvgIpc) is 2.81. The molecule has 0 aliphatic heterocycles. The highest BCUT2D eigenvalue weighted by Crippen LogP contribution is 2.24. The molecule has 3 rings (SSSR count). The van der Waals surface area contributed by atoms with Crippen LogP contribution in [0.15, 0.2) is 55.2 Å². The summed E-state index contributed by atoms with van der Waals surface area (Å²) in [6.45, 7) is 6.16. The second-order valence-electron chi connectivity index (χ2n) is 4.43. The number of aromatic amines is 1. The molecule has 0 atom stereocenters. The molecule has 0 radical (unpaired) electrons. The van der Waals surface area contributed by atoms with Gasteiger partial charge in [0.05, 0.1) is 0 Å². The van der Waals surface area contributed by atoms with Crippen LogP contribution in [0, 0.1) is 6.92 Å². The number of pyridine rings is 1. The molecule has 0 bridgehead atoms. The van der Waals surface area contributed by atoms with Gasteiger partial charge >= 0.3 is 0 Å². The van der Waals surface area contributed by atoms with Gasteiger partial charge in [0.2, 0.25) is 0 Å². The van der Waals surface area contributed by atoms with E-state index in [4.69, 9.17) is 0 Å². The van der Waals surface area contributed by atoms with E-state index in [1.807, 2.05) is 37.4 Å². The highest BCUT2D eigenvalue weighted by molar-refractivity contribution is 5.87. The third-order valence-corrected chi connectivity index (χ3v) is 3.10. The summed E-state index contributed by atoms with van der Waals surface area (Å²) in [4.78, 5) is 7.60. The zero-order chi connectivity index (χ0) is 12.5. The van der Waals surface area contributed by atoms with Gasteiger partial charge in [0.15, 0.2) is 0 Å². The summed E-state index contributed by atoms with van der Waals surface area (Å²) < 4.78 is 0. The minimum atomic E-state index is 0.997. The predicted octanol–water partition coefficient (Wildman–Crippen LogP) is 3.93. The summed E-state index contributed by atoms with van der Waals surface area (Å²) >= 11 is 0. The molecule has 0 amide bonds. The summed E-state index contributed by atoms with van der Waals surface area (Å²) in [5.74, 6) is 0. The summed E-state index contributed by atoms with van der Waals surface area (Å²) in [7, 11) is 0. The normalized spacial score (nSPS) is 10.7. The van der Waals surface area contributed by atoms with Crippen molar-refractivity contribution in [2.24, 2.45) is 0 Å². The lowest BCUT2D eigenvalue weighted by molar-refractivity contribution is 1.19. The number of nitrogens with one attached hydrogen (secondary N) is 1. The minimum absolute atomic E-state index is 0.997. The highest BCUT2D eigenvalue weighted by atomic mass is 14.7. The highest BCUT2D eigenvalue weighted by Gasteiger charge is 2.06. The number of nitrogens with zero attached hydrogens (tertiary/aromatic N) is 1. The quantitative estimate of drug-likeness (QED) is 0.715. The molecule has 0 saturated heterocycles. The van der Waals surface area contributed by atoms with Crippen LogP contribution < -0.4 is 0 Å². The first-order valence-electron chi connectivity index (χ1n) is 5.94. The van der Waals surface area contributed by atoms with E-state index in [9.17, 15) is 0 Å². The van der Waals surface area contributed by atoms with Gasteiger partial charge in [0, 0.05) is 28.5 Å². The third-order valence-electron chi connectivity index (χ3n) is 3.10. The number of para-hydroxylation sites is 1. The Balaban J connectivity index is 2.06. The van der Waals surface area contributed by atoms with Crippen molar-refractivity contribution in [3.8, 4) is 0 Å². The van der Waals surface area contributed by atoms with Gasteiger partial charge in [-0.3, -0.25) is 4.98 Å². The summed E-state index contributed by atoms with van der Waals surface area (Å²) in [6, 6.07) is 14.4. The van der Waals surface area contributed by atoms with E-state index in [0.717, 1.165) is 28.0 Å². The fraction of sp³-hybridized carbons (Fsp3) is 0.0625. The summed E-state index contributed by atoms with van der Waals surface area (Å²) in [6.07, 6.45) is 1.82. The van der Waals surface area contributed by atoms with Crippen molar-refractivity contribution in [1.29, 1.82) is 0 Å². The molecule has 3 aromatic rings. The Labute approximate surface area is 106 Å². The molecule has 0 saturated carbocycles. The number of fused-ring (bicyclic) bond motifs is 1. The molecule has 0 aliphatic rings. The molecule has 18 heavy (non-hydrogen) atoms. The smallest absolute Gasteiger partial charge is 0.0464 e. The number of rotatable bonds is 2. The summed E-state index contributed by atoms with van der Waals surface area (Å²) in [5.41, 5.74) is 5.30. The number of benzene rings is 1. The lowest BCUT2D eigenvalue weighted by atomic mass is 10.1. The van der Waals surface area contributed by atoms with E-state index in [-0.39, 0.29) is 0 Å². The Morgan fingerprint density at radius 1 is 1.17 bits per heavy atom. The van der Waals surface area contributed by atoms with Crippen LogP contribution in [-0.2, 0) is 0 Å². The van der Waals surface area contributed by atoms with Gasteiger partial charge in [0.1, 0.15) is 0 Å². The largest absolute Gasteiger partial charge is 0.355 e. The standard InChI is InChI=1S/C16H14N2/c1-11-9-13(7-8-17-11)12(2)16-10-14-5-3-4-6-15(14)18-16/h3-10,18H,2H2,1H3. The first-order chi connectivity index (χ1) is 8.74. The molecular formula is C16H14N2. The number of hydrogen-bond donors (Lipinski definition) is 1. The molecule has 0 spiro atoms. The van der Waals surface area contributed by atoms with Crippen molar-refractivity contribution in [2.75, 3.05) is 0 Å². The Bertz CT molecular complexity index is 690.